The van der Waals surface area contributed by atoms with Crippen LogP contribution in [0.4, 0.5) is 15.8 Å². The fourth-order valence-corrected chi connectivity index (χ4v) is 4.15. The zero-order valence-electron chi connectivity index (χ0n) is 15.1. The molecule has 0 bridgehead atoms. The predicted octanol–water partition coefficient (Wildman–Crippen LogP) is 3.04. The van der Waals surface area contributed by atoms with Crippen LogP contribution < -0.4 is 19.1 Å². The van der Waals surface area contributed by atoms with E-state index in [-0.39, 0.29) is 16.4 Å². The molecule has 2 aromatic carbocycles. The fourth-order valence-electron chi connectivity index (χ4n) is 2.80. The number of carbonyl (C=O) groups is 1. The number of amides is 1. The van der Waals surface area contributed by atoms with Crippen molar-refractivity contribution in [1.82, 2.24) is 0 Å². The van der Waals surface area contributed by atoms with Crippen LogP contribution in [0.15, 0.2) is 36.4 Å². The van der Waals surface area contributed by atoms with E-state index < -0.39 is 27.8 Å². The Bertz CT molecular complexity index is 1020. The van der Waals surface area contributed by atoms with Gasteiger partial charge in [0.25, 0.3) is 0 Å². The highest BCUT2D eigenvalue weighted by molar-refractivity contribution is 7.92. The van der Waals surface area contributed by atoms with Crippen LogP contribution in [0.2, 0.25) is 5.02 Å². The van der Waals surface area contributed by atoms with Gasteiger partial charge in [0.2, 0.25) is 15.9 Å². The number of benzene rings is 2. The summed E-state index contributed by atoms with van der Waals surface area (Å²) in [7, 11) is -3.81. The largest absolute Gasteiger partial charge is 0.486 e. The Morgan fingerprint density at radius 1 is 1.18 bits per heavy atom. The standard InChI is InChI=1S/C18H18ClFN2O5S/c1-11(18(23)21-12-3-5-15(20)14(19)9-12)22(28(2,24)25)13-4-6-16-17(10-13)27-8-7-26-16/h3-6,9-11H,7-8H2,1-2H3,(H,21,23)/t11-/m1/s1. The highest BCUT2D eigenvalue weighted by atomic mass is 35.5. The lowest BCUT2D eigenvalue weighted by molar-refractivity contribution is -0.116. The van der Waals surface area contributed by atoms with E-state index in [0.717, 1.165) is 16.6 Å². The summed E-state index contributed by atoms with van der Waals surface area (Å²) in [4.78, 5) is 12.6. The molecule has 1 N–H and O–H groups in total. The van der Waals surface area contributed by atoms with Gasteiger partial charge in [-0.3, -0.25) is 9.10 Å². The molecule has 2 aromatic rings. The molecule has 1 atom stereocenters. The van der Waals surface area contributed by atoms with Gasteiger partial charge in [0, 0.05) is 11.8 Å². The van der Waals surface area contributed by atoms with E-state index in [0.29, 0.717) is 24.7 Å². The molecule has 3 rings (SSSR count). The molecule has 0 fully saturated rings. The summed E-state index contributed by atoms with van der Waals surface area (Å²) in [6.07, 6.45) is 1.00. The third-order valence-electron chi connectivity index (χ3n) is 4.06. The Morgan fingerprint density at radius 3 is 2.50 bits per heavy atom. The predicted molar refractivity (Wildman–Crippen MR) is 104 cm³/mol. The Balaban J connectivity index is 1.89. The van der Waals surface area contributed by atoms with E-state index in [1.54, 1.807) is 6.07 Å². The Hall–Kier alpha value is -2.52. The third kappa shape index (κ3) is 4.31. The van der Waals surface area contributed by atoms with Crippen LogP contribution in [0, 0.1) is 5.82 Å². The number of ether oxygens (including phenoxy) is 2. The number of hydrogen-bond donors (Lipinski definition) is 1. The lowest BCUT2D eigenvalue weighted by atomic mass is 10.2. The van der Waals surface area contributed by atoms with Crippen LogP contribution in [-0.2, 0) is 14.8 Å². The summed E-state index contributed by atoms with van der Waals surface area (Å²) in [5.41, 5.74) is 0.505. The second-order valence-corrected chi connectivity index (χ2v) is 8.45. The van der Waals surface area contributed by atoms with Gasteiger partial charge in [-0.1, -0.05) is 11.6 Å². The van der Waals surface area contributed by atoms with Crippen molar-refractivity contribution in [3.05, 3.63) is 47.2 Å². The van der Waals surface area contributed by atoms with Crippen molar-refractivity contribution in [1.29, 1.82) is 0 Å². The minimum atomic E-state index is -3.81. The molecule has 7 nitrogen and oxygen atoms in total. The summed E-state index contributed by atoms with van der Waals surface area (Å²) in [5, 5.41) is 2.39. The lowest BCUT2D eigenvalue weighted by Gasteiger charge is -2.29. The molecule has 1 aliphatic heterocycles. The van der Waals surface area contributed by atoms with Crippen LogP contribution in [0.25, 0.3) is 0 Å². The van der Waals surface area contributed by atoms with Crippen LogP contribution >= 0.6 is 11.6 Å². The van der Waals surface area contributed by atoms with Crippen molar-refractivity contribution < 1.29 is 27.1 Å². The SMILES string of the molecule is C[C@H](C(=O)Nc1ccc(F)c(Cl)c1)N(c1ccc2c(c1)OCCO2)S(C)(=O)=O. The fraction of sp³-hybridized carbons (Fsp3) is 0.278. The van der Waals surface area contributed by atoms with Crippen LogP contribution in [0.3, 0.4) is 0 Å². The van der Waals surface area contributed by atoms with Gasteiger partial charge < -0.3 is 14.8 Å². The van der Waals surface area contributed by atoms with Gasteiger partial charge >= 0.3 is 0 Å². The maximum absolute atomic E-state index is 13.3. The summed E-state index contributed by atoms with van der Waals surface area (Å²) < 4.78 is 50.0. The number of nitrogens with one attached hydrogen (secondary N) is 1. The van der Waals surface area contributed by atoms with Gasteiger partial charge in [0.15, 0.2) is 11.5 Å². The lowest BCUT2D eigenvalue weighted by Crippen LogP contribution is -2.45. The molecular formula is C18H18ClFN2O5S. The second kappa shape index (κ2) is 7.84. The molecular weight excluding hydrogens is 411 g/mol. The zero-order chi connectivity index (χ0) is 20.5. The molecule has 1 heterocycles. The molecule has 10 heteroatoms. The van der Waals surface area contributed by atoms with Crippen LogP contribution in [0.1, 0.15) is 6.92 Å². The zero-order valence-corrected chi connectivity index (χ0v) is 16.7. The molecule has 0 spiro atoms. The molecule has 1 aliphatic rings. The number of anilines is 2. The summed E-state index contributed by atoms with van der Waals surface area (Å²) in [6.45, 7) is 2.19. The van der Waals surface area contributed by atoms with Gasteiger partial charge in [0.1, 0.15) is 25.1 Å². The van der Waals surface area contributed by atoms with E-state index in [1.807, 2.05) is 0 Å². The van der Waals surface area contributed by atoms with Crippen LogP contribution in [-0.4, -0.2) is 39.8 Å². The first-order valence-corrected chi connectivity index (χ1v) is 10.5. The number of sulfonamides is 1. The second-order valence-electron chi connectivity index (χ2n) is 6.18. The third-order valence-corrected chi connectivity index (χ3v) is 5.59. The molecule has 1 amide bonds. The first-order valence-electron chi connectivity index (χ1n) is 8.32. The molecule has 0 aromatic heterocycles. The van der Waals surface area contributed by atoms with Crippen molar-refractivity contribution in [2.45, 2.75) is 13.0 Å². The summed E-state index contributed by atoms with van der Waals surface area (Å²) >= 11 is 5.72. The number of nitrogens with zero attached hydrogens (tertiary/aromatic N) is 1. The smallest absolute Gasteiger partial charge is 0.247 e. The topological polar surface area (TPSA) is 84.9 Å². The summed E-state index contributed by atoms with van der Waals surface area (Å²) in [5.74, 6) is -0.332. The quantitative estimate of drug-likeness (QED) is 0.791. The molecule has 28 heavy (non-hydrogen) atoms. The minimum Gasteiger partial charge on any atom is -0.486 e. The van der Waals surface area contributed by atoms with E-state index in [2.05, 4.69) is 5.32 Å². The molecule has 0 aliphatic carbocycles. The number of halogens is 2. The Morgan fingerprint density at radius 2 is 1.86 bits per heavy atom. The monoisotopic (exact) mass is 428 g/mol. The minimum absolute atomic E-state index is 0.155. The van der Waals surface area contributed by atoms with E-state index >= 15 is 0 Å². The first-order chi connectivity index (χ1) is 13.2. The molecule has 0 radical (unpaired) electrons. The van der Waals surface area contributed by atoms with E-state index in [9.17, 15) is 17.6 Å². The van der Waals surface area contributed by atoms with Crippen molar-refractivity contribution >= 4 is 38.9 Å². The summed E-state index contributed by atoms with van der Waals surface area (Å²) in [6, 6.07) is 7.23. The van der Waals surface area contributed by atoms with E-state index in [1.165, 1.54) is 31.2 Å². The number of hydrogen-bond acceptors (Lipinski definition) is 5. The Kier molecular flexibility index (Phi) is 5.66. The first kappa shape index (κ1) is 20.2. The van der Waals surface area contributed by atoms with Crippen molar-refractivity contribution in [3.63, 3.8) is 0 Å². The number of fused-ring (bicyclic) bond motifs is 1. The van der Waals surface area contributed by atoms with Crippen molar-refractivity contribution in [3.8, 4) is 11.5 Å². The van der Waals surface area contributed by atoms with Gasteiger partial charge in [-0.2, -0.15) is 0 Å². The molecule has 0 saturated heterocycles. The maximum Gasteiger partial charge on any atom is 0.247 e. The highest BCUT2D eigenvalue weighted by Crippen LogP contribution is 2.35. The highest BCUT2D eigenvalue weighted by Gasteiger charge is 2.30. The maximum atomic E-state index is 13.3. The normalized spacial score (nSPS) is 14.3. The molecule has 0 saturated carbocycles. The van der Waals surface area contributed by atoms with Gasteiger partial charge in [-0.15, -0.1) is 0 Å². The number of rotatable bonds is 5. The number of carbonyl (C=O) groups excluding carboxylic acids is 1. The van der Waals surface area contributed by atoms with Crippen molar-refractivity contribution in [2.75, 3.05) is 29.1 Å². The average molecular weight is 429 g/mol. The molecule has 150 valence electrons. The van der Waals surface area contributed by atoms with Gasteiger partial charge in [-0.25, -0.2) is 12.8 Å². The van der Waals surface area contributed by atoms with Crippen LogP contribution in [0.5, 0.6) is 11.5 Å². The Labute approximate surface area is 167 Å². The van der Waals surface area contributed by atoms with E-state index in [4.69, 9.17) is 21.1 Å². The van der Waals surface area contributed by atoms with Gasteiger partial charge in [0.05, 0.1) is 17.0 Å². The van der Waals surface area contributed by atoms with Gasteiger partial charge in [-0.05, 0) is 37.3 Å². The van der Waals surface area contributed by atoms with Crippen molar-refractivity contribution in [2.24, 2.45) is 0 Å². The molecule has 0 unspecified atom stereocenters. The average Bonchev–Trinajstić information content (AvgIpc) is 2.63.